The summed E-state index contributed by atoms with van der Waals surface area (Å²) in [5, 5.41) is 3.30. The summed E-state index contributed by atoms with van der Waals surface area (Å²) in [5.41, 5.74) is 1.19. The van der Waals surface area contributed by atoms with Crippen molar-refractivity contribution >= 4 is 5.97 Å². The van der Waals surface area contributed by atoms with E-state index >= 15 is 0 Å². The Morgan fingerprint density at radius 1 is 1.50 bits per heavy atom. The Kier molecular flexibility index (Phi) is 3.39. The van der Waals surface area contributed by atoms with Crippen LogP contribution in [0.15, 0.2) is 12.1 Å². The maximum absolute atomic E-state index is 14.1. The molecule has 1 aromatic carbocycles. The number of carbonyl (C=O) groups excluding carboxylic acids is 1. The van der Waals surface area contributed by atoms with Gasteiger partial charge in [0.05, 0.1) is 12.7 Å². The van der Waals surface area contributed by atoms with Gasteiger partial charge < -0.3 is 10.1 Å². The van der Waals surface area contributed by atoms with Gasteiger partial charge in [0.1, 0.15) is 5.82 Å². The molecule has 0 amide bonds. The van der Waals surface area contributed by atoms with Crippen LogP contribution in [0.2, 0.25) is 0 Å². The molecule has 0 bridgehead atoms. The summed E-state index contributed by atoms with van der Waals surface area (Å²) >= 11 is 0. The van der Waals surface area contributed by atoms with E-state index < -0.39 is 5.97 Å². The van der Waals surface area contributed by atoms with Gasteiger partial charge in [-0.05, 0) is 50.9 Å². The lowest BCUT2D eigenvalue weighted by Crippen LogP contribution is -2.34. The fourth-order valence-corrected chi connectivity index (χ4v) is 2.55. The molecule has 2 rings (SSSR count). The summed E-state index contributed by atoms with van der Waals surface area (Å²) in [4.78, 5) is 11.7. The zero-order chi connectivity index (χ0) is 13.3. The van der Waals surface area contributed by atoms with Crippen molar-refractivity contribution in [2.75, 3.05) is 13.7 Å². The van der Waals surface area contributed by atoms with E-state index in [0.717, 1.165) is 19.4 Å². The average molecular weight is 251 g/mol. The summed E-state index contributed by atoms with van der Waals surface area (Å²) in [6, 6.07) is 3.03. The number of hydrogen-bond acceptors (Lipinski definition) is 3. The Hall–Kier alpha value is -1.42. The van der Waals surface area contributed by atoms with Gasteiger partial charge in [0.25, 0.3) is 0 Å². The third kappa shape index (κ3) is 2.12. The van der Waals surface area contributed by atoms with Gasteiger partial charge in [0, 0.05) is 11.1 Å². The Bertz CT molecular complexity index is 479. The fraction of sp³-hybridized carbons (Fsp3) is 0.500. The van der Waals surface area contributed by atoms with Crippen molar-refractivity contribution in [3.63, 3.8) is 0 Å². The van der Waals surface area contributed by atoms with Gasteiger partial charge in [0.2, 0.25) is 0 Å². The minimum Gasteiger partial charge on any atom is -0.465 e. The molecule has 1 aromatic rings. The second-order valence-corrected chi connectivity index (χ2v) is 5.00. The fourth-order valence-electron chi connectivity index (χ4n) is 2.55. The molecule has 1 N–H and O–H groups in total. The van der Waals surface area contributed by atoms with Crippen molar-refractivity contribution in [3.8, 4) is 0 Å². The first kappa shape index (κ1) is 13.0. The molecule has 0 saturated carbocycles. The highest BCUT2D eigenvalue weighted by atomic mass is 19.1. The highest BCUT2D eigenvalue weighted by molar-refractivity contribution is 5.91. The number of hydrogen-bond donors (Lipinski definition) is 1. The number of halogens is 1. The van der Waals surface area contributed by atoms with Crippen LogP contribution in [0, 0.1) is 12.7 Å². The second kappa shape index (κ2) is 4.69. The van der Waals surface area contributed by atoms with Crippen LogP contribution >= 0.6 is 0 Å². The zero-order valence-electron chi connectivity index (χ0n) is 11.0. The zero-order valence-corrected chi connectivity index (χ0v) is 11.0. The number of methoxy groups -OCH3 is 1. The van der Waals surface area contributed by atoms with Crippen molar-refractivity contribution in [1.29, 1.82) is 0 Å². The lowest BCUT2D eigenvalue weighted by atomic mass is 9.88. The number of esters is 1. The first-order valence-electron chi connectivity index (χ1n) is 6.12. The van der Waals surface area contributed by atoms with Gasteiger partial charge in [-0.25, -0.2) is 9.18 Å². The van der Waals surface area contributed by atoms with E-state index in [1.807, 2.05) is 6.92 Å². The molecule has 0 aliphatic carbocycles. The Morgan fingerprint density at radius 2 is 2.22 bits per heavy atom. The van der Waals surface area contributed by atoms with E-state index in [9.17, 15) is 9.18 Å². The summed E-state index contributed by atoms with van der Waals surface area (Å²) in [7, 11) is 1.33. The second-order valence-electron chi connectivity index (χ2n) is 5.00. The summed E-state index contributed by atoms with van der Waals surface area (Å²) in [6.45, 7) is 4.55. The maximum atomic E-state index is 14.1. The van der Waals surface area contributed by atoms with Crippen molar-refractivity contribution in [3.05, 3.63) is 34.6 Å². The highest BCUT2D eigenvalue weighted by Gasteiger charge is 2.33. The quantitative estimate of drug-likeness (QED) is 0.821. The molecule has 1 aliphatic rings. The van der Waals surface area contributed by atoms with Crippen LogP contribution in [0.3, 0.4) is 0 Å². The van der Waals surface area contributed by atoms with Crippen LogP contribution in [-0.4, -0.2) is 19.6 Å². The Morgan fingerprint density at radius 3 is 2.78 bits per heavy atom. The predicted octanol–water partition coefficient (Wildman–Crippen LogP) is 2.52. The van der Waals surface area contributed by atoms with Gasteiger partial charge in [-0.3, -0.25) is 0 Å². The first-order valence-corrected chi connectivity index (χ1v) is 6.12. The SMILES string of the molecule is COC(=O)c1cc(C2(C)CCCN2)c(F)cc1C. The number of ether oxygens (including phenoxy) is 1. The van der Waals surface area contributed by atoms with Gasteiger partial charge in [-0.2, -0.15) is 0 Å². The number of carbonyl (C=O) groups is 1. The average Bonchev–Trinajstić information content (AvgIpc) is 2.76. The standard InChI is InChI=1S/C14H18FNO2/c1-9-7-12(15)11(8-10(9)13(17)18-3)14(2)5-4-6-16-14/h7-8,16H,4-6H2,1-3H3. The molecule has 1 aliphatic heterocycles. The molecule has 0 aromatic heterocycles. The van der Waals surface area contributed by atoms with Crippen molar-refractivity contribution < 1.29 is 13.9 Å². The van der Waals surface area contributed by atoms with Crippen LogP contribution in [0.25, 0.3) is 0 Å². The van der Waals surface area contributed by atoms with E-state index in [-0.39, 0.29) is 11.4 Å². The number of aryl methyl sites for hydroxylation is 1. The van der Waals surface area contributed by atoms with E-state index in [4.69, 9.17) is 4.74 Å². The van der Waals surface area contributed by atoms with Gasteiger partial charge >= 0.3 is 5.97 Å². The normalized spacial score (nSPS) is 23.1. The predicted molar refractivity (Wildman–Crippen MR) is 67.1 cm³/mol. The molecule has 1 unspecified atom stereocenters. The van der Waals surface area contributed by atoms with Crippen molar-refractivity contribution in [2.45, 2.75) is 32.2 Å². The number of nitrogens with one attached hydrogen (secondary N) is 1. The third-order valence-electron chi connectivity index (χ3n) is 3.68. The lowest BCUT2D eigenvalue weighted by Gasteiger charge is -2.26. The topological polar surface area (TPSA) is 38.3 Å². The van der Waals surface area contributed by atoms with Crippen molar-refractivity contribution in [2.24, 2.45) is 0 Å². The van der Waals surface area contributed by atoms with Crippen LogP contribution in [0.5, 0.6) is 0 Å². The first-order chi connectivity index (χ1) is 8.48. The molecule has 4 heteroatoms. The lowest BCUT2D eigenvalue weighted by molar-refractivity contribution is 0.0599. The van der Waals surface area contributed by atoms with E-state index in [1.54, 1.807) is 13.0 Å². The van der Waals surface area contributed by atoms with E-state index in [1.165, 1.54) is 13.2 Å². The van der Waals surface area contributed by atoms with Crippen LogP contribution in [0.1, 0.15) is 41.3 Å². The molecule has 3 nitrogen and oxygen atoms in total. The van der Waals surface area contributed by atoms with Gasteiger partial charge in [-0.1, -0.05) is 0 Å². The molecule has 1 fully saturated rings. The molecule has 0 spiro atoms. The number of benzene rings is 1. The van der Waals surface area contributed by atoms with Gasteiger partial charge in [-0.15, -0.1) is 0 Å². The Labute approximate surface area is 106 Å². The minimum absolute atomic E-state index is 0.267. The van der Waals surface area contributed by atoms with Gasteiger partial charge in [0.15, 0.2) is 0 Å². The smallest absolute Gasteiger partial charge is 0.338 e. The Balaban J connectivity index is 2.51. The van der Waals surface area contributed by atoms with Crippen LogP contribution < -0.4 is 5.32 Å². The van der Waals surface area contributed by atoms with Crippen LogP contribution in [0.4, 0.5) is 4.39 Å². The molecule has 18 heavy (non-hydrogen) atoms. The molecule has 1 saturated heterocycles. The molecular formula is C14H18FNO2. The third-order valence-corrected chi connectivity index (χ3v) is 3.68. The molecule has 1 atom stereocenters. The molecule has 1 heterocycles. The molecule has 98 valence electrons. The van der Waals surface area contributed by atoms with E-state index in [2.05, 4.69) is 5.32 Å². The monoisotopic (exact) mass is 251 g/mol. The van der Waals surface area contributed by atoms with E-state index in [0.29, 0.717) is 16.7 Å². The van der Waals surface area contributed by atoms with Crippen molar-refractivity contribution in [1.82, 2.24) is 5.32 Å². The molecular weight excluding hydrogens is 233 g/mol. The maximum Gasteiger partial charge on any atom is 0.338 e. The highest BCUT2D eigenvalue weighted by Crippen LogP contribution is 2.33. The molecule has 0 radical (unpaired) electrons. The van der Waals surface area contributed by atoms with Crippen LogP contribution in [-0.2, 0) is 10.3 Å². The minimum atomic E-state index is -0.421. The summed E-state index contributed by atoms with van der Waals surface area (Å²) in [6.07, 6.45) is 1.88. The number of rotatable bonds is 2. The summed E-state index contributed by atoms with van der Waals surface area (Å²) < 4.78 is 18.8. The summed E-state index contributed by atoms with van der Waals surface area (Å²) in [5.74, 6) is -0.688. The largest absolute Gasteiger partial charge is 0.465 e.